The third kappa shape index (κ3) is 4.75. The fourth-order valence-corrected chi connectivity index (χ4v) is 5.32. The Morgan fingerprint density at radius 2 is 1.30 bits per heavy atom. The first kappa shape index (κ1) is 28.9. The van der Waals surface area contributed by atoms with Crippen LogP contribution < -0.4 is 28.4 Å². The number of ether oxygens (including phenoxy) is 7. The highest BCUT2D eigenvalue weighted by molar-refractivity contribution is 5.91. The predicted molar refractivity (Wildman–Crippen MR) is 149 cm³/mol. The van der Waals surface area contributed by atoms with Gasteiger partial charge in [0, 0.05) is 16.7 Å². The molecule has 0 heterocycles. The first-order chi connectivity index (χ1) is 19.2. The molecule has 0 fully saturated rings. The van der Waals surface area contributed by atoms with Crippen LogP contribution in [0, 0.1) is 5.92 Å². The largest absolute Gasteiger partial charge is 0.493 e. The van der Waals surface area contributed by atoms with Crippen LogP contribution in [0.25, 0.3) is 11.1 Å². The third-order valence-electron chi connectivity index (χ3n) is 7.59. The molecule has 214 valence electrons. The molecule has 1 N–H and O–H groups in total. The first-order valence-electron chi connectivity index (χ1n) is 12.8. The maximum Gasteiger partial charge on any atom is 0.338 e. The fourth-order valence-electron chi connectivity index (χ4n) is 5.32. The summed E-state index contributed by atoms with van der Waals surface area (Å²) in [5.41, 5.74) is 1.22. The van der Waals surface area contributed by atoms with Gasteiger partial charge in [0.25, 0.3) is 0 Å². The highest BCUT2D eigenvalue weighted by Gasteiger charge is 2.47. The average Bonchev–Trinajstić information content (AvgIpc) is 2.97. The van der Waals surface area contributed by atoms with Crippen molar-refractivity contribution in [1.29, 1.82) is 0 Å². The fraction of sp³-hybridized carbons (Fsp3) is 0.387. The van der Waals surface area contributed by atoms with Gasteiger partial charge in [0.15, 0.2) is 29.1 Å². The second-order valence-electron chi connectivity index (χ2n) is 9.77. The Hall–Kier alpha value is -4.11. The van der Waals surface area contributed by atoms with Gasteiger partial charge >= 0.3 is 5.97 Å². The molecule has 40 heavy (non-hydrogen) atoms. The standard InChI is InChI=1S/C31H36O9/c1-17-14-19-15-21(34-3)25(36-5)27(38-7)23(19)24-20(16-22(35-4)26(37-6)28(24)39-8)29(31(17,2)33)40-30(32)18-12-10-9-11-13-18/h9-13,15-17,29,33H,14H2,1-8H3/t17-,29+,31-/m0/s1. The molecule has 0 saturated carbocycles. The quantitative estimate of drug-likeness (QED) is 0.376. The van der Waals surface area contributed by atoms with Crippen molar-refractivity contribution in [3.05, 3.63) is 59.2 Å². The van der Waals surface area contributed by atoms with E-state index in [0.717, 1.165) is 5.56 Å². The van der Waals surface area contributed by atoms with Gasteiger partial charge in [0.05, 0.1) is 48.2 Å². The van der Waals surface area contributed by atoms with Crippen LogP contribution in [-0.2, 0) is 11.2 Å². The van der Waals surface area contributed by atoms with E-state index in [1.165, 1.54) is 35.5 Å². The van der Waals surface area contributed by atoms with Gasteiger partial charge in [-0.25, -0.2) is 4.79 Å². The lowest BCUT2D eigenvalue weighted by Gasteiger charge is -2.41. The van der Waals surface area contributed by atoms with E-state index in [-0.39, 0.29) is 0 Å². The summed E-state index contributed by atoms with van der Waals surface area (Å²) in [5.74, 6) is 1.24. The lowest BCUT2D eigenvalue weighted by Crippen LogP contribution is -2.43. The molecule has 9 nitrogen and oxygen atoms in total. The number of hydrogen-bond donors (Lipinski definition) is 1. The molecule has 0 unspecified atom stereocenters. The van der Waals surface area contributed by atoms with Gasteiger partial charge < -0.3 is 38.3 Å². The topological polar surface area (TPSA) is 102 Å². The Morgan fingerprint density at radius 3 is 1.82 bits per heavy atom. The number of fused-ring (bicyclic) bond motifs is 3. The molecule has 3 aromatic rings. The SMILES string of the molecule is COc1cc2c(c(OC)c1OC)-c1c(cc(OC)c(OC)c1OC)[C@@H](OC(=O)c1ccccc1)[C@@](C)(O)[C@@H](C)C2. The van der Waals surface area contributed by atoms with Crippen molar-refractivity contribution in [2.24, 2.45) is 5.92 Å². The van der Waals surface area contributed by atoms with Crippen LogP contribution in [0.4, 0.5) is 0 Å². The van der Waals surface area contributed by atoms with Crippen molar-refractivity contribution in [1.82, 2.24) is 0 Å². The van der Waals surface area contributed by atoms with Crippen molar-refractivity contribution in [2.45, 2.75) is 32.0 Å². The Bertz CT molecular complexity index is 1380. The molecule has 0 saturated heterocycles. The molecule has 0 aromatic heterocycles. The average molecular weight is 553 g/mol. The second-order valence-corrected chi connectivity index (χ2v) is 9.77. The molecule has 0 amide bonds. The summed E-state index contributed by atoms with van der Waals surface area (Å²) in [6, 6.07) is 12.2. The number of aliphatic hydroxyl groups is 1. The maximum absolute atomic E-state index is 13.4. The zero-order chi connectivity index (χ0) is 29.2. The molecule has 0 radical (unpaired) electrons. The summed E-state index contributed by atoms with van der Waals surface area (Å²) in [7, 11) is 9.13. The van der Waals surface area contributed by atoms with Crippen LogP contribution in [-0.4, -0.2) is 59.3 Å². The van der Waals surface area contributed by atoms with Crippen molar-refractivity contribution in [3.8, 4) is 45.6 Å². The molecule has 0 aliphatic heterocycles. The van der Waals surface area contributed by atoms with Crippen LogP contribution in [0.15, 0.2) is 42.5 Å². The summed E-state index contributed by atoms with van der Waals surface area (Å²) in [6.45, 7) is 3.57. The highest BCUT2D eigenvalue weighted by Crippen LogP contribution is 2.58. The minimum atomic E-state index is -1.53. The predicted octanol–water partition coefficient (Wildman–Crippen LogP) is 5.25. The van der Waals surface area contributed by atoms with Crippen LogP contribution in [0.3, 0.4) is 0 Å². The number of carbonyl (C=O) groups is 1. The van der Waals surface area contributed by atoms with Gasteiger partial charge in [0.1, 0.15) is 5.60 Å². The van der Waals surface area contributed by atoms with Crippen LogP contribution in [0.5, 0.6) is 34.5 Å². The van der Waals surface area contributed by atoms with E-state index >= 15 is 0 Å². The smallest absolute Gasteiger partial charge is 0.338 e. The Balaban J connectivity index is 2.15. The van der Waals surface area contributed by atoms with Gasteiger partial charge in [-0.1, -0.05) is 25.1 Å². The summed E-state index contributed by atoms with van der Waals surface area (Å²) in [6.07, 6.45) is -0.750. The Labute approximate surface area is 234 Å². The Kier molecular flexibility index (Phi) is 8.34. The minimum absolute atomic E-state index is 0.315. The Morgan fingerprint density at radius 1 is 0.775 bits per heavy atom. The highest BCUT2D eigenvalue weighted by atomic mass is 16.6. The van der Waals surface area contributed by atoms with E-state index in [4.69, 9.17) is 33.2 Å². The monoisotopic (exact) mass is 552 g/mol. The lowest BCUT2D eigenvalue weighted by molar-refractivity contribution is -0.107. The molecule has 9 heteroatoms. The van der Waals surface area contributed by atoms with Gasteiger partial charge in [-0.15, -0.1) is 0 Å². The number of rotatable bonds is 8. The molecular weight excluding hydrogens is 516 g/mol. The molecule has 4 rings (SSSR count). The maximum atomic E-state index is 13.4. The van der Waals surface area contributed by atoms with Gasteiger partial charge in [0.2, 0.25) is 11.5 Å². The van der Waals surface area contributed by atoms with Crippen LogP contribution >= 0.6 is 0 Å². The molecule has 3 atom stereocenters. The third-order valence-corrected chi connectivity index (χ3v) is 7.59. The van der Waals surface area contributed by atoms with Gasteiger partial charge in [-0.3, -0.25) is 0 Å². The lowest BCUT2D eigenvalue weighted by atomic mass is 9.73. The number of carbonyl (C=O) groups excluding carboxylic acids is 1. The van der Waals surface area contributed by atoms with Gasteiger partial charge in [-0.2, -0.15) is 0 Å². The van der Waals surface area contributed by atoms with Crippen LogP contribution in [0.2, 0.25) is 0 Å². The van der Waals surface area contributed by atoms with E-state index in [1.54, 1.807) is 44.4 Å². The summed E-state index contributed by atoms with van der Waals surface area (Å²) >= 11 is 0. The van der Waals surface area contributed by atoms with E-state index in [1.807, 2.05) is 19.1 Å². The molecule has 1 aliphatic carbocycles. The molecular formula is C31H36O9. The number of methoxy groups -OCH3 is 6. The van der Waals surface area contributed by atoms with Crippen LogP contribution in [0.1, 0.15) is 41.4 Å². The van der Waals surface area contributed by atoms with Gasteiger partial charge in [-0.05, 0) is 49.1 Å². The molecule has 1 aliphatic rings. The summed E-state index contributed by atoms with van der Waals surface area (Å²) < 4.78 is 40.8. The number of esters is 1. The van der Waals surface area contributed by atoms with E-state index in [2.05, 4.69) is 0 Å². The van der Waals surface area contributed by atoms with Crippen molar-refractivity contribution in [3.63, 3.8) is 0 Å². The zero-order valence-corrected chi connectivity index (χ0v) is 24.1. The van der Waals surface area contributed by atoms with E-state index < -0.39 is 23.6 Å². The van der Waals surface area contributed by atoms with Crippen molar-refractivity contribution < 1.29 is 43.1 Å². The van der Waals surface area contributed by atoms with Crippen molar-refractivity contribution >= 4 is 5.97 Å². The first-order valence-corrected chi connectivity index (χ1v) is 12.8. The minimum Gasteiger partial charge on any atom is -0.493 e. The molecule has 0 bridgehead atoms. The zero-order valence-electron chi connectivity index (χ0n) is 24.1. The second kappa shape index (κ2) is 11.6. The van der Waals surface area contributed by atoms with E-state index in [9.17, 15) is 9.90 Å². The number of hydrogen-bond acceptors (Lipinski definition) is 9. The summed E-state index contributed by atoms with van der Waals surface area (Å²) in [5, 5.41) is 12.1. The van der Waals surface area contributed by atoms with Crippen molar-refractivity contribution in [2.75, 3.05) is 42.7 Å². The van der Waals surface area contributed by atoms with E-state index in [0.29, 0.717) is 63.2 Å². The normalized spacial score (nSPS) is 19.7. The molecule has 3 aromatic carbocycles. The number of benzene rings is 3. The molecule has 0 spiro atoms. The summed E-state index contributed by atoms with van der Waals surface area (Å²) in [4.78, 5) is 13.4.